The van der Waals surface area contributed by atoms with Crippen molar-refractivity contribution in [1.29, 1.82) is 0 Å². The lowest BCUT2D eigenvalue weighted by Crippen LogP contribution is -2.16. The predicted octanol–water partition coefficient (Wildman–Crippen LogP) is 0.421. The van der Waals surface area contributed by atoms with Crippen LogP contribution in [0.4, 0.5) is 5.82 Å². The van der Waals surface area contributed by atoms with Crippen molar-refractivity contribution in [3.8, 4) is 0 Å². The van der Waals surface area contributed by atoms with Gasteiger partial charge in [-0.2, -0.15) is 12.6 Å². The molecule has 2 rings (SSSR count). The first-order valence-electron chi connectivity index (χ1n) is 6.08. The average molecular weight is 333 g/mol. The maximum absolute atomic E-state index is 10.8. The molecule has 2 aromatic rings. The van der Waals surface area contributed by atoms with Crippen LogP contribution in [0.5, 0.6) is 0 Å². The maximum atomic E-state index is 10.8. The molecule has 2 heterocycles. The molecule has 0 aromatic carbocycles. The van der Waals surface area contributed by atoms with E-state index in [1.807, 2.05) is 0 Å². The van der Waals surface area contributed by atoms with Crippen LogP contribution in [0.1, 0.15) is 12.5 Å². The van der Waals surface area contributed by atoms with Crippen LogP contribution in [0, 0.1) is 0 Å². The number of ether oxygens (including phenoxy) is 1. The topological polar surface area (TPSA) is 136 Å². The first-order chi connectivity index (χ1) is 9.92. The van der Waals surface area contributed by atoms with E-state index in [1.54, 1.807) is 10.9 Å². The van der Waals surface area contributed by atoms with Crippen LogP contribution in [-0.4, -0.2) is 48.0 Å². The summed E-state index contributed by atoms with van der Waals surface area (Å²) in [6, 6.07) is -0.201. The summed E-state index contributed by atoms with van der Waals surface area (Å²) in [7, 11) is -4.19. The Hall–Kier alpha value is -1.19. The molecule has 0 aliphatic rings. The SMILES string of the molecule is Nc1ncnc2c1ncn2C(CCS)COCP(=O)(O)O. The normalized spacial score (nSPS) is 13.7. The zero-order valence-electron chi connectivity index (χ0n) is 11.0. The van der Waals surface area contributed by atoms with Gasteiger partial charge in [-0.25, -0.2) is 15.0 Å². The summed E-state index contributed by atoms with van der Waals surface area (Å²) < 4.78 is 17.7. The predicted molar refractivity (Wildman–Crippen MR) is 80.1 cm³/mol. The fraction of sp³-hybridized carbons (Fsp3) is 0.500. The Balaban J connectivity index is 2.20. The van der Waals surface area contributed by atoms with E-state index in [9.17, 15) is 4.57 Å². The van der Waals surface area contributed by atoms with Gasteiger partial charge < -0.3 is 24.8 Å². The Bertz CT molecular complexity index is 660. The first-order valence-corrected chi connectivity index (χ1v) is 8.51. The highest BCUT2D eigenvalue weighted by Gasteiger charge is 2.19. The summed E-state index contributed by atoms with van der Waals surface area (Å²) in [6.07, 6.45) is 2.90. The van der Waals surface area contributed by atoms with Gasteiger partial charge in [0.05, 0.1) is 19.0 Å². The van der Waals surface area contributed by atoms with Gasteiger partial charge in [0, 0.05) is 0 Å². The van der Waals surface area contributed by atoms with E-state index >= 15 is 0 Å². The number of nitrogens with zero attached hydrogens (tertiary/aromatic N) is 4. The number of anilines is 1. The van der Waals surface area contributed by atoms with Crippen LogP contribution in [0.3, 0.4) is 0 Å². The second-order valence-corrected chi connectivity index (χ2v) is 6.45. The van der Waals surface area contributed by atoms with E-state index in [-0.39, 0.29) is 18.5 Å². The van der Waals surface area contributed by atoms with Gasteiger partial charge in [-0.15, -0.1) is 0 Å². The van der Waals surface area contributed by atoms with Crippen molar-refractivity contribution in [2.75, 3.05) is 24.4 Å². The van der Waals surface area contributed by atoms with E-state index in [4.69, 9.17) is 20.3 Å². The number of nitrogens with two attached hydrogens (primary N) is 1. The molecule has 11 heteroatoms. The van der Waals surface area contributed by atoms with E-state index in [1.165, 1.54) is 6.33 Å². The quantitative estimate of drug-likeness (QED) is 0.423. The second-order valence-electron chi connectivity index (χ2n) is 4.41. The summed E-state index contributed by atoms with van der Waals surface area (Å²) >= 11 is 4.18. The van der Waals surface area contributed by atoms with Gasteiger partial charge in [-0.1, -0.05) is 0 Å². The third kappa shape index (κ3) is 4.14. The van der Waals surface area contributed by atoms with Gasteiger partial charge in [-0.3, -0.25) is 4.57 Å². The molecule has 0 saturated heterocycles. The molecule has 0 bridgehead atoms. The van der Waals surface area contributed by atoms with E-state index < -0.39 is 13.9 Å². The number of nitrogen functional groups attached to an aromatic ring is 1. The minimum atomic E-state index is -4.19. The first kappa shape index (κ1) is 16.2. The lowest BCUT2D eigenvalue weighted by Gasteiger charge is -2.18. The van der Waals surface area contributed by atoms with E-state index in [2.05, 4.69) is 27.6 Å². The highest BCUT2D eigenvalue weighted by molar-refractivity contribution is 7.80. The van der Waals surface area contributed by atoms with Crippen LogP contribution >= 0.6 is 20.2 Å². The standard InChI is InChI=1S/C10H16N5O4PS/c11-9-8-10(13-4-12-9)15(5-14-8)7(1-2-21)3-19-6-20(16,17)18/h4-5,7,21H,1-3,6H2,(H2,11,12,13)(H2,16,17,18). The number of hydrogen-bond donors (Lipinski definition) is 4. The molecule has 9 nitrogen and oxygen atoms in total. The van der Waals surface area contributed by atoms with Crippen molar-refractivity contribution in [1.82, 2.24) is 19.5 Å². The fourth-order valence-corrected chi connectivity index (χ4v) is 2.54. The highest BCUT2D eigenvalue weighted by atomic mass is 32.1. The molecule has 0 aliphatic heterocycles. The molecule has 0 radical (unpaired) electrons. The molecule has 0 fully saturated rings. The van der Waals surface area contributed by atoms with Crippen molar-refractivity contribution in [3.05, 3.63) is 12.7 Å². The largest absolute Gasteiger partial charge is 0.382 e. The van der Waals surface area contributed by atoms with Crippen LogP contribution in [-0.2, 0) is 9.30 Å². The Morgan fingerprint density at radius 3 is 2.86 bits per heavy atom. The molecule has 21 heavy (non-hydrogen) atoms. The number of aromatic nitrogens is 4. The molecule has 0 saturated carbocycles. The minimum Gasteiger partial charge on any atom is -0.382 e. The molecule has 4 N–H and O–H groups in total. The number of imidazole rings is 1. The van der Waals surface area contributed by atoms with Gasteiger partial charge in [-0.05, 0) is 12.2 Å². The molecule has 116 valence electrons. The Labute approximate surface area is 126 Å². The lowest BCUT2D eigenvalue weighted by molar-refractivity contribution is 0.123. The molecule has 0 amide bonds. The third-order valence-electron chi connectivity index (χ3n) is 2.81. The van der Waals surface area contributed by atoms with Crippen LogP contribution in [0.2, 0.25) is 0 Å². The van der Waals surface area contributed by atoms with E-state index in [0.717, 1.165) is 0 Å². The fourth-order valence-electron chi connectivity index (χ4n) is 1.90. The van der Waals surface area contributed by atoms with Crippen LogP contribution in [0.15, 0.2) is 12.7 Å². The Morgan fingerprint density at radius 1 is 1.43 bits per heavy atom. The second kappa shape index (κ2) is 6.71. The third-order valence-corrected chi connectivity index (χ3v) is 3.59. The van der Waals surface area contributed by atoms with Crippen molar-refractivity contribution < 1.29 is 19.1 Å². The monoisotopic (exact) mass is 333 g/mol. The number of fused-ring (bicyclic) bond motifs is 1. The van der Waals surface area contributed by atoms with Crippen molar-refractivity contribution in [2.45, 2.75) is 12.5 Å². The van der Waals surface area contributed by atoms with Crippen molar-refractivity contribution in [2.24, 2.45) is 0 Å². The maximum Gasteiger partial charge on any atom is 0.350 e. The molecule has 0 spiro atoms. The zero-order valence-corrected chi connectivity index (χ0v) is 12.8. The minimum absolute atomic E-state index is 0.112. The Kier molecular flexibility index (Phi) is 5.17. The molecular formula is C10H16N5O4PS. The van der Waals surface area contributed by atoms with E-state index in [0.29, 0.717) is 23.3 Å². The van der Waals surface area contributed by atoms with Crippen LogP contribution < -0.4 is 5.73 Å². The van der Waals surface area contributed by atoms with Gasteiger partial charge in [0.25, 0.3) is 0 Å². The lowest BCUT2D eigenvalue weighted by atomic mass is 10.2. The van der Waals surface area contributed by atoms with Gasteiger partial charge >= 0.3 is 7.60 Å². The van der Waals surface area contributed by atoms with Crippen molar-refractivity contribution in [3.63, 3.8) is 0 Å². The number of rotatable bonds is 7. The molecule has 0 aliphatic carbocycles. The zero-order chi connectivity index (χ0) is 15.5. The summed E-state index contributed by atoms with van der Waals surface area (Å²) in [6.45, 7) is 0.112. The molecule has 1 atom stereocenters. The van der Waals surface area contributed by atoms with Crippen LogP contribution in [0.25, 0.3) is 11.2 Å². The van der Waals surface area contributed by atoms with Gasteiger partial charge in [0.2, 0.25) is 0 Å². The molecule has 2 aromatic heterocycles. The summed E-state index contributed by atoms with van der Waals surface area (Å²) in [5.41, 5.74) is 6.76. The highest BCUT2D eigenvalue weighted by Crippen LogP contribution is 2.34. The van der Waals surface area contributed by atoms with Gasteiger partial charge in [0.15, 0.2) is 11.5 Å². The smallest absolute Gasteiger partial charge is 0.350 e. The van der Waals surface area contributed by atoms with Crippen molar-refractivity contribution >= 4 is 37.2 Å². The van der Waals surface area contributed by atoms with Gasteiger partial charge in [0.1, 0.15) is 18.2 Å². The number of hydrogen-bond acceptors (Lipinski definition) is 7. The Morgan fingerprint density at radius 2 is 2.19 bits per heavy atom. The average Bonchev–Trinajstić information content (AvgIpc) is 2.81. The molecular weight excluding hydrogens is 317 g/mol. The summed E-state index contributed by atoms with van der Waals surface area (Å²) in [5.74, 6) is 0.851. The summed E-state index contributed by atoms with van der Waals surface area (Å²) in [4.78, 5) is 29.8. The molecule has 1 unspecified atom stereocenters. The number of thiol groups is 1. The summed E-state index contributed by atoms with van der Waals surface area (Å²) in [5, 5.41) is 0.